The third-order valence-electron chi connectivity index (χ3n) is 4.50. The Balaban J connectivity index is 2.98. The van der Waals surface area contributed by atoms with Gasteiger partial charge in [0.25, 0.3) is 0 Å². The highest BCUT2D eigenvalue weighted by atomic mass is 16.4. The fraction of sp³-hybridized carbons (Fsp3) is 0.500. The topological polar surface area (TPSA) is 74.6 Å². The zero-order valence-corrected chi connectivity index (χ0v) is 15.2. The maximum Gasteiger partial charge on any atom is 0.328 e. The van der Waals surface area contributed by atoms with Gasteiger partial charge in [0, 0.05) is 6.08 Å². The number of carbonyl (C=O) groups excluding carboxylic acids is 1. The molecule has 1 atom stereocenters. The largest absolute Gasteiger partial charge is 0.478 e. The molecule has 4 nitrogen and oxygen atoms in total. The molecule has 24 heavy (non-hydrogen) atoms. The molecule has 0 bridgehead atoms. The number of carboxylic acids is 1. The summed E-state index contributed by atoms with van der Waals surface area (Å²) in [6.45, 7) is 9.27. The maximum absolute atomic E-state index is 12.4. The number of aliphatic carboxylic acids is 1. The second-order valence-corrected chi connectivity index (χ2v) is 7.37. The van der Waals surface area contributed by atoms with Gasteiger partial charge in [-0.05, 0) is 68.2 Å². The van der Waals surface area contributed by atoms with E-state index in [-0.39, 0.29) is 11.2 Å². The first-order valence-electron chi connectivity index (χ1n) is 8.21. The normalized spacial score (nSPS) is 26.8. The Morgan fingerprint density at radius 1 is 1.12 bits per heavy atom. The van der Waals surface area contributed by atoms with Gasteiger partial charge in [0.15, 0.2) is 5.78 Å². The summed E-state index contributed by atoms with van der Waals surface area (Å²) in [6.07, 6.45) is 10.2. The summed E-state index contributed by atoms with van der Waals surface area (Å²) in [6, 6.07) is 0. The van der Waals surface area contributed by atoms with Crippen LogP contribution in [0, 0.1) is 5.41 Å². The molecule has 1 aliphatic carbocycles. The number of allylic oxidation sites excluding steroid dienone is 6. The van der Waals surface area contributed by atoms with Gasteiger partial charge in [-0.2, -0.15) is 0 Å². The molecule has 1 unspecified atom stereocenters. The van der Waals surface area contributed by atoms with E-state index in [9.17, 15) is 14.7 Å². The van der Waals surface area contributed by atoms with Crippen LogP contribution in [0.4, 0.5) is 0 Å². The quantitative estimate of drug-likeness (QED) is 0.590. The number of aliphatic hydroxyl groups is 1. The van der Waals surface area contributed by atoms with E-state index in [4.69, 9.17) is 5.11 Å². The lowest BCUT2D eigenvalue weighted by atomic mass is 9.66. The van der Waals surface area contributed by atoms with Crippen LogP contribution >= 0.6 is 0 Å². The third-order valence-corrected chi connectivity index (χ3v) is 4.50. The number of ketones is 1. The highest BCUT2D eigenvalue weighted by molar-refractivity contribution is 6.04. The first-order valence-corrected chi connectivity index (χ1v) is 8.21. The highest BCUT2D eigenvalue weighted by Crippen LogP contribution is 2.45. The summed E-state index contributed by atoms with van der Waals surface area (Å²) in [7, 11) is 0. The Morgan fingerprint density at radius 3 is 2.29 bits per heavy atom. The predicted molar refractivity (Wildman–Crippen MR) is 95.6 cm³/mol. The van der Waals surface area contributed by atoms with Crippen molar-refractivity contribution in [3.63, 3.8) is 0 Å². The van der Waals surface area contributed by atoms with Crippen LogP contribution in [-0.2, 0) is 9.59 Å². The van der Waals surface area contributed by atoms with Crippen molar-refractivity contribution in [3.05, 3.63) is 47.1 Å². The molecule has 0 aliphatic heterocycles. The highest BCUT2D eigenvalue weighted by Gasteiger charge is 2.40. The van der Waals surface area contributed by atoms with Crippen molar-refractivity contribution < 1.29 is 19.8 Å². The number of hydrogen-bond donors (Lipinski definition) is 2. The van der Waals surface area contributed by atoms with E-state index in [0.29, 0.717) is 17.6 Å². The van der Waals surface area contributed by atoms with Gasteiger partial charge < -0.3 is 10.2 Å². The van der Waals surface area contributed by atoms with E-state index in [2.05, 4.69) is 13.8 Å². The van der Waals surface area contributed by atoms with Crippen LogP contribution < -0.4 is 0 Å². The molecule has 0 aromatic carbocycles. The fourth-order valence-electron chi connectivity index (χ4n) is 3.14. The summed E-state index contributed by atoms with van der Waals surface area (Å²) in [5, 5.41) is 19.3. The van der Waals surface area contributed by atoms with Crippen LogP contribution in [0.1, 0.15) is 53.9 Å². The SMILES string of the molecule is CC(/C=C/C=C(\C)C(=O)/C=C1/C(C)(C)CCCC1(C)O)=C\C(=O)O. The molecule has 0 heterocycles. The number of hydrogen-bond acceptors (Lipinski definition) is 3. The molecule has 0 aromatic rings. The minimum absolute atomic E-state index is 0.134. The van der Waals surface area contributed by atoms with Crippen LogP contribution in [0.2, 0.25) is 0 Å². The predicted octanol–water partition coefficient (Wildman–Crippen LogP) is 3.98. The lowest BCUT2D eigenvalue weighted by molar-refractivity contribution is -0.131. The molecule has 132 valence electrons. The standard InChI is InChI=1S/C20H28O4/c1-14(12-18(22)23)8-6-9-15(2)16(21)13-17-19(3,4)10-7-11-20(17,5)24/h6,8-9,12-13,24H,7,10-11H2,1-5H3,(H,22,23)/b8-6+,14-12+,15-9+,17-13-. The Labute approximate surface area is 144 Å². The average Bonchev–Trinajstić information content (AvgIpc) is 2.41. The number of rotatable bonds is 5. The minimum atomic E-state index is -1.000. The molecule has 0 spiro atoms. The summed E-state index contributed by atoms with van der Waals surface area (Å²) >= 11 is 0. The summed E-state index contributed by atoms with van der Waals surface area (Å²) < 4.78 is 0. The van der Waals surface area contributed by atoms with Gasteiger partial charge in [-0.15, -0.1) is 0 Å². The Morgan fingerprint density at radius 2 is 1.75 bits per heavy atom. The molecule has 0 aromatic heterocycles. The van der Waals surface area contributed by atoms with Crippen molar-refractivity contribution in [2.75, 3.05) is 0 Å². The van der Waals surface area contributed by atoms with Crippen LogP contribution in [0.5, 0.6) is 0 Å². The van der Waals surface area contributed by atoms with Gasteiger partial charge >= 0.3 is 5.97 Å². The monoisotopic (exact) mass is 332 g/mol. The zero-order valence-electron chi connectivity index (χ0n) is 15.2. The van der Waals surface area contributed by atoms with Crippen molar-refractivity contribution >= 4 is 11.8 Å². The molecular formula is C20H28O4. The second-order valence-electron chi connectivity index (χ2n) is 7.37. The molecule has 0 saturated heterocycles. The number of carboxylic acid groups (broad SMARTS) is 1. The Kier molecular flexibility index (Phi) is 6.50. The molecule has 1 saturated carbocycles. The van der Waals surface area contributed by atoms with E-state index >= 15 is 0 Å². The van der Waals surface area contributed by atoms with E-state index in [1.54, 1.807) is 45.1 Å². The van der Waals surface area contributed by atoms with Crippen molar-refractivity contribution in [3.8, 4) is 0 Å². The first-order chi connectivity index (χ1) is 11.0. The molecule has 1 rings (SSSR count). The maximum atomic E-state index is 12.4. The molecule has 0 amide bonds. The van der Waals surface area contributed by atoms with Crippen LogP contribution in [0.25, 0.3) is 0 Å². The van der Waals surface area contributed by atoms with Gasteiger partial charge in [-0.25, -0.2) is 4.79 Å². The van der Waals surface area contributed by atoms with Crippen molar-refractivity contribution in [2.24, 2.45) is 5.41 Å². The van der Waals surface area contributed by atoms with Crippen LogP contribution in [0.15, 0.2) is 47.1 Å². The van der Waals surface area contributed by atoms with Gasteiger partial charge in [-0.1, -0.05) is 32.1 Å². The van der Waals surface area contributed by atoms with E-state index in [0.717, 1.165) is 24.5 Å². The first kappa shape index (κ1) is 20.1. The lowest BCUT2D eigenvalue weighted by Crippen LogP contribution is -2.40. The van der Waals surface area contributed by atoms with Gasteiger partial charge in [0.05, 0.1) is 5.60 Å². The fourth-order valence-corrected chi connectivity index (χ4v) is 3.14. The lowest BCUT2D eigenvalue weighted by Gasteiger charge is -2.42. The van der Waals surface area contributed by atoms with E-state index in [1.165, 1.54) is 0 Å². The van der Waals surface area contributed by atoms with Crippen LogP contribution in [0.3, 0.4) is 0 Å². The van der Waals surface area contributed by atoms with E-state index < -0.39 is 11.6 Å². The van der Waals surface area contributed by atoms with Crippen molar-refractivity contribution in [1.82, 2.24) is 0 Å². The summed E-state index contributed by atoms with van der Waals surface area (Å²) in [5.74, 6) is -1.13. The molecule has 1 fully saturated rings. The Hall–Kier alpha value is -1.94. The summed E-state index contributed by atoms with van der Waals surface area (Å²) in [5.41, 5.74) is 0.764. The van der Waals surface area contributed by atoms with Gasteiger partial charge in [0.1, 0.15) is 0 Å². The molecule has 1 aliphatic rings. The van der Waals surface area contributed by atoms with Crippen molar-refractivity contribution in [1.29, 1.82) is 0 Å². The smallest absolute Gasteiger partial charge is 0.328 e. The molecular weight excluding hydrogens is 304 g/mol. The summed E-state index contributed by atoms with van der Waals surface area (Å²) in [4.78, 5) is 23.0. The Bertz CT molecular complexity index is 610. The third kappa shape index (κ3) is 5.60. The number of carbonyl (C=O) groups is 2. The molecule has 2 N–H and O–H groups in total. The van der Waals surface area contributed by atoms with Crippen LogP contribution in [-0.4, -0.2) is 27.6 Å². The molecule has 0 radical (unpaired) electrons. The molecule has 4 heteroatoms. The van der Waals surface area contributed by atoms with Gasteiger partial charge in [-0.3, -0.25) is 4.79 Å². The van der Waals surface area contributed by atoms with Crippen molar-refractivity contribution in [2.45, 2.75) is 59.5 Å². The minimum Gasteiger partial charge on any atom is -0.478 e. The average molecular weight is 332 g/mol. The van der Waals surface area contributed by atoms with Gasteiger partial charge in [0.2, 0.25) is 0 Å². The van der Waals surface area contributed by atoms with E-state index in [1.807, 2.05) is 0 Å². The zero-order chi connectivity index (χ0) is 18.5. The second kappa shape index (κ2) is 7.75.